The molecule has 2 heterocycles. The molecule has 15 heavy (non-hydrogen) atoms. The highest BCUT2D eigenvalue weighted by Crippen LogP contribution is 2.26. The molecule has 0 aromatic carbocycles. The zero-order chi connectivity index (χ0) is 10.9. The van der Waals surface area contributed by atoms with Crippen molar-refractivity contribution in [3.05, 3.63) is 11.1 Å². The summed E-state index contributed by atoms with van der Waals surface area (Å²) in [5.41, 5.74) is -0.559. The Hall–Kier alpha value is -0.650. The van der Waals surface area contributed by atoms with Gasteiger partial charge >= 0.3 is 0 Å². The smallest absolute Gasteiger partial charge is 0.184 e. The third-order valence-electron chi connectivity index (χ3n) is 2.65. The number of rotatable bonds is 3. The molecule has 4 nitrogen and oxygen atoms in total. The number of β-amino-alcohol motifs (C(OH)–C–C–N with tert-alkyl or cyclic N) is 1. The Kier molecular flexibility index (Phi) is 2.95. The predicted octanol–water partition coefficient (Wildman–Crippen LogP) is 0.476. The largest absolute Gasteiger partial charge is 0.388 e. The monoisotopic (exact) mass is 227 g/mol. The second kappa shape index (κ2) is 4.08. The standard InChI is InChI=1S/C10H17N3OS/c1-13(2)9-12-6-8(15-9)5-10(14)3-4-11-7-10/h6,11,14H,3-5,7H2,1-2H3. The molecule has 0 radical (unpaired) electrons. The molecule has 0 amide bonds. The number of aliphatic hydroxyl groups is 1. The van der Waals surface area contributed by atoms with E-state index in [0.717, 1.165) is 23.0 Å². The lowest BCUT2D eigenvalue weighted by Crippen LogP contribution is -2.33. The second-order valence-corrected chi connectivity index (χ2v) is 5.43. The van der Waals surface area contributed by atoms with E-state index < -0.39 is 5.60 Å². The van der Waals surface area contributed by atoms with E-state index >= 15 is 0 Å². The number of hydrogen-bond donors (Lipinski definition) is 2. The highest BCUT2D eigenvalue weighted by atomic mass is 32.1. The molecule has 1 aromatic rings. The minimum Gasteiger partial charge on any atom is -0.388 e. The first kappa shape index (κ1) is 10.9. The van der Waals surface area contributed by atoms with Crippen molar-refractivity contribution >= 4 is 16.5 Å². The quantitative estimate of drug-likeness (QED) is 0.788. The molecule has 0 saturated carbocycles. The summed E-state index contributed by atoms with van der Waals surface area (Å²) >= 11 is 1.65. The van der Waals surface area contributed by atoms with Gasteiger partial charge in [-0.3, -0.25) is 0 Å². The Balaban J connectivity index is 2.04. The van der Waals surface area contributed by atoms with Crippen molar-refractivity contribution < 1.29 is 5.11 Å². The number of nitrogens with one attached hydrogen (secondary N) is 1. The van der Waals surface area contributed by atoms with Crippen molar-refractivity contribution in [1.82, 2.24) is 10.3 Å². The van der Waals surface area contributed by atoms with E-state index in [1.165, 1.54) is 0 Å². The fraction of sp³-hybridized carbons (Fsp3) is 0.700. The van der Waals surface area contributed by atoms with Crippen molar-refractivity contribution in [2.24, 2.45) is 0 Å². The van der Waals surface area contributed by atoms with Crippen LogP contribution in [0.4, 0.5) is 5.13 Å². The van der Waals surface area contributed by atoms with Crippen LogP contribution in [0.15, 0.2) is 6.20 Å². The zero-order valence-electron chi connectivity index (χ0n) is 9.16. The minimum absolute atomic E-state index is 0.559. The summed E-state index contributed by atoms with van der Waals surface area (Å²) < 4.78 is 0. The molecule has 1 atom stereocenters. The van der Waals surface area contributed by atoms with Crippen molar-refractivity contribution in [3.63, 3.8) is 0 Å². The minimum atomic E-state index is -0.559. The van der Waals surface area contributed by atoms with Crippen LogP contribution in [0.2, 0.25) is 0 Å². The van der Waals surface area contributed by atoms with Gasteiger partial charge in [-0.2, -0.15) is 0 Å². The molecule has 1 aromatic heterocycles. The van der Waals surface area contributed by atoms with Crippen LogP contribution in [0.25, 0.3) is 0 Å². The summed E-state index contributed by atoms with van der Waals surface area (Å²) in [4.78, 5) is 7.45. The molecule has 0 aliphatic carbocycles. The number of anilines is 1. The first-order valence-corrected chi connectivity index (χ1v) is 5.96. The number of hydrogen-bond acceptors (Lipinski definition) is 5. The molecule has 1 aliphatic heterocycles. The van der Waals surface area contributed by atoms with Crippen LogP contribution < -0.4 is 10.2 Å². The lowest BCUT2D eigenvalue weighted by Gasteiger charge is -2.19. The summed E-state index contributed by atoms with van der Waals surface area (Å²) in [6, 6.07) is 0. The summed E-state index contributed by atoms with van der Waals surface area (Å²) in [5, 5.41) is 14.4. The van der Waals surface area contributed by atoms with E-state index in [1.54, 1.807) is 11.3 Å². The van der Waals surface area contributed by atoms with Crippen LogP contribution in [0.1, 0.15) is 11.3 Å². The molecule has 1 fully saturated rings. The van der Waals surface area contributed by atoms with Gasteiger partial charge in [0.25, 0.3) is 0 Å². The van der Waals surface area contributed by atoms with Gasteiger partial charge in [0.1, 0.15) is 0 Å². The fourth-order valence-electron chi connectivity index (χ4n) is 1.79. The summed E-state index contributed by atoms with van der Waals surface area (Å²) in [6.45, 7) is 1.61. The maximum atomic E-state index is 10.2. The molecule has 0 spiro atoms. The van der Waals surface area contributed by atoms with Crippen molar-refractivity contribution in [1.29, 1.82) is 0 Å². The Morgan fingerprint density at radius 2 is 2.47 bits per heavy atom. The van der Waals surface area contributed by atoms with E-state index in [4.69, 9.17) is 0 Å². The lowest BCUT2D eigenvalue weighted by atomic mass is 9.98. The maximum Gasteiger partial charge on any atom is 0.184 e. The topological polar surface area (TPSA) is 48.4 Å². The van der Waals surface area contributed by atoms with Gasteiger partial charge in [-0.1, -0.05) is 0 Å². The van der Waals surface area contributed by atoms with Gasteiger partial charge in [-0.25, -0.2) is 4.98 Å². The Morgan fingerprint density at radius 1 is 1.67 bits per heavy atom. The molecule has 1 unspecified atom stereocenters. The highest BCUT2D eigenvalue weighted by Gasteiger charge is 2.31. The van der Waals surface area contributed by atoms with E-state index in [-0.39, 0.29) is 0 Å². The van der Waals surface area contributed by atoms with E-state index in [1.807, 2.05) is 25.2 Å². The first-order valence-electron chi connectivity index (χ1n) is 5.14. The molecule has 2 N–H and O–H groups in total. The molecule has 0 bridgehead atoms. The van der Waals surface area contributed by atoms with Crippen LogP contribution in [-0.2, 0) is 6.42 Å². The van der Waals surface area contributed by atoms with Crippen LogP contribution in [0.5, 0.6) is 0 Å². The Morgan fingerprint density at radius 3 is 3.00 bits per heavy atom. The third kappa shape index (κ3) is 2.48. The van der Waals surface area contributed by atoms with Crippen molar-refractivity contribution in [2.45, 2.75) is 18.4 Å². The average Bonchev–Trinajstić information content (AvgIpc) is 2.75. The van der Waals surface area contributed by atoms with Gasteiger partial charge in [-0.15, -0.1) is 11.3 Å². The van der Waals surface area contributed by atoms with E-state index in [9.17, 15) is 5.11 Å². The second-order valence-electron chi connectivity index (χ2n) is 4.33. The summed E-state index contributed by atoms with van der Waals surface area (Å²) in [5.74, 6) is 0. The molecular weight excluding hydrogens is 210 g/mol. The SMILES string of the molecule is CN(C)c1ncc(CC2(O)CCNC2)s1. The van der Waals surface area contributed by atoms with Crippen LogP contribution in [0.3, 0.4) is 0 Å². The van der Waals surface area contributed by atoms with Gasteiger partial charge in [0.2, 0.25) is 0 Å². The van der Waals surface area contributed by atoms with Gasteiger partial charge in [0.05, 0.1) is 5.60 Å². The van der Waals surface area contributed by atoms with Crippen molar-refractivity contribution in [2.75, 3.05) is 32.1 Å². The van der Waals surface area contributed by atoms with Gasteiger partial charge in [0.15, 0.2) is 5.13 Å². The number of aromatic nitrogens is 1. The van der Waals surface area contributed by atoms with Crippen molar-refractivity contribution in [3.8, 4) is 0 Å². The average molecular weight is 227 g/mol. The number of thiazole rings is 1. The molecule has 5 heteroatoms. The molecular formula is C10H17N3OS. The Labute approximate surface area is 93.9 Å². The summed E-state index contributed by atoms with van der Waals surface area (Å²) in [6.07, 6.45) is 3.42. The normalized spacial score (nSPS) is 25.8. The van der Waals surface area contributed by atoms with Crippen LogP contribution in [-0.4, -0.2) is 42.9 Å². The summed E-state index contributed by atoms with van der Waals surface area (Å²) in [7, 11) is 3.96. The van der Waals surface area contributed by atoms with Crippen LogP contribution in [0, 0.1) is 0 Å². The first-order chi connectivity index (χ1) is 7.09. The zero-order valence-corrected chi connectivity index (χ0v) is 9.97. The van der Waals surface area contributed by atoms with Gasteiger partial charge in [0, 0.05) is 38.1 Å². The number of nitrogens with zero attached hydrogens (tertiary/aromatic N) is 2. The highest BCUT2D eigenvalue weighted by molar-refractivity contribution is 7.15. The van der Waals surface area contributed by atoms with E-state index in [2.05, 4.69) is 10.3 Å². The predicted molar refractivity (Wildman–Crippen MR) is 62.6 cm³/mol. The lowest BCUT2D eigenvalue weighted by molar-refractivity contribution is 0.0627. The van der Waals surface area contributed by atoms with Gasteiger partial charge in [-0.05, 0) is 13.0 Å². The fourth-order valence-corrected chi connectivity index (χ4v) is 2.76. The molecule has 84 valence electrons. The molecule has 2 rings (SSSR count). The molecule has 1 saturated heterocycles. The van der Waals surface area contributed by atoms with Crippen LogP contribution >= 0.6 is 11.3 Å². The maximum absolute atomic E-state index is 10.2. The third-order valence-corrected chi connectivity index (χ3v) is 3.81. The van der Waals surface area contributed by atoms with Gasteiger partial charge < -0.3 is 15.3 Å². The Bertz CT molecular complexity index is 331. The van der Waals surface area contributed by atoms with E-state index in [0.29, 0.717) is 13.0 Å². The molecule has 1 aliphatic rings.